The van der Waals surface area contributed by atoms with Gasteiger partial charge in [-0.05, 0) is 32.0 Å². The fourth-order valence-electron chi connectivity index (χ4n) is 2.01. The Bertz CT molecular complexity index is 328. The highest BCUT2D eigenvalue weighted by Crippen LogP contribution is 2.54. The topological polar surface area (TPSA) is 65.1 Å². The van der Waals surface area contributed by atoms with Gasteiger partial charge in [-0.2, -0.15) is 0 Å². The number of aliphatic carboxylic acids is 1. The van der Waals surface area contributed by atoms with E-state index in [4.69, 9.17) is 5.11 Å². The molecule has 1 aromatic heterocycles. The summed E-state index contributed by atoms with van der Waals surface area (Å²) in [4.78, 5) is 14.2. The molecule has 76 valence electrons. The van der Waals surface area contributed by atoms with Gasteiger partial charge in [-0.3, -0.25) is 4.79 Å². The average molecular weight is 194 g/mol. The van der Waals surface area contributed by atoms with Gasteiger partial charge in [-0.1, -0.05) is 0 Å². The maximum Gasteiger partial charge on any atom is 0.311 e. The maximum absolute atomic E-state index is 11.1. The minimum atomic E-state index is -0.702. The third-order valence-electron chi connectivity index (χ3n) is 2.99. The summed E-state index contributed by atoms with van der Waals surface area (Å²) in [5, 5.41) is 12.2. The van der Waals surface area contributed by atoms with Gasteiger partial charge in [0.25, 0.3) is 0 Å². The van der Waals surface area contributed by atoms with Crippen molar-refractivity contribution in [1.82, 2.24) is 10.3 Å². The van der Waals surface area contributed by atoms with E-state index >= 15 is 0 Å². The Labute approximate surface area is 82.3 Å². The van der Waals surface area contributed by atoms with Crippen molar-refractivity contribution < 1.29 is 9.90 Å². The standard InChI is InChI=1S/C10H14N2O2/c1-11-8(7-3-2-6-12-7)10(4-5-10)9(13)14/h2-3,6,8,11-12H,4-5H2,1H3,(H,13,14). The van der Waals surface area contributed by atoms with Gasteiger partial charge in [0, 0.05) is 11.9 Å². The molecule has 1 saturated carbocycles. The van der Waals surface area contributed by atoms with Gasteiger partial charge in [-0.25, -0.2) is 0 Å². The molecule has 1 atom stereocenters. The first kappa shape index (κ1) is 9.27. The Morgan fingerprint density at radius 3 is 2.79 bits per heavy atom. The lowest BCUT2D eigenvalue weighted by Gasteiger charge is -2.21. The zero-order valence-corrected chi connectivity index (χ0v) is 8.08. The minimum Gasteiger partial charge on any atom is -0.481 e. The third-order valence-corrected chi connectivity index (χ3v) is 2.99. The van der Waals surface area contributed by atoms with Gasteiger partial charge in [0.15, 0.2) is 0 Å². The fourth-order valence-corrected chi connectivity index (χ4v) is 2.01. The molecule has 0 bridgehead atoms. The highest BCUT2D eigenvalue weighted by molar-refractivity contribution is 5.79. The van der Waals surface area contributed by atoms with Crippen LogP contribution in [0.5, 0.6) is 0 Å². The third kappa shape index (κ3) is 1.23. The van der Waals surface area contributed by atoms with Crippen LogP contribution in [0.2, 0.25) is 0 Å². The molecule has 4 heteroatoms. The number of rotatable bonds is 4. The number of aromatic amines is 1. The first-order chi connectivity index (χ1) is 6.70. The largest absolute Gasteiger partial charge is 0.481 e. The lowest BCUT2D eigenvalue weighted by molar-refractivity contribution is -0.144. The van der Waals surface area contributed by atoms with Crippen molar-refractivity contribution in [3.63, 3.8) is 0 Å². The number of carboxylic acids is 1. The summed E-state index contributed by atoms with van der Waals surface area (Å²) in [6.45, 7) is 0. The van der Waals surface area contributed by atoms with E-state index in [0.717, 1.165) is 18.5 Å². The van der Waals surface area contributed by atoms with Crippen LogP contribution in [0.15, 0.2) is 18.3 Å². The zero-order valence-electron chi connectivity index (χ0n) is 8.08. The second-order valence-corrected chi connectivity index (χ2v) is 3.81. The van der Waals surface area contributed by atoms with Gasteiger partial charge in [0.1, 0.15) is 0 Å². The molecular weight excluding hydrogens is 180 g/mol. The van der Waals surface area contributed by atoms with Gasteiger partial charge in [0.2, 0.25) is 0 Å². The Kier molecular flexibility index (Phi) is 2.07. The molecule has 0 radical (unpaired) electrons. The smallest absolute Gasteiger partial charge is 0.311 e. The van der Waals surface area contributed by atoms with Gasteiger partial charge < -0.3 is 15.4 Å². The van der Waals surface area contributed by atoms with Crippen molar-refractivity contribution in [2.45, 2.75) is 18.9 Å². The van der Waals surface area contributed by atoms with E-state index in [2.05, 4.69) is 10.3 Å². The van der Waals surface area contributed by atoms with E-state index < -0.39 is 11.4 Å². The predicted molar refractivity (Wildman–Crippen MR) is 51.9 cm³/mol. The second-order valence-electron chi connectivity index (χ2n) is 3.81. The average Bonchev–Trinajstić information content (AvgIpc) is 2.77. The number of hydrogen-bond donors (Lipinski definition) is 3. The molecule has 2 rings (SSSR count). The molecule has 1 aliphatic carbocycles. The summed E-state index contributed by atoms with van der Waals surface area (Å²) in [6, 6.07) is 3.71. The van der Waals surface area contributed by atoms with Gasteiger partial charge in [-0.15, -0.1) is 0 Å². The van der Waals surface area contributed by atoms with Crippen molar-refractivity contribution in [2.24, 2.45) is 5.41 Å². The lowest BCUT2D eigenvalue weighted by Crippen LogP contribution is -2.32. The Balaban J connectivity index is 2.27. The molecule has 1 fully saturated rings. The lowest BCUT2D eigenvalue weighted by atomic mass is 9.94. The van der Waals surface area contributed by atoms with E-state index in [1.165, 1.54) is 0 Å². The van der Waals surface area contributed by atoms with Crippen molar-refractivity contribution in [3.05, 3.63) is 24.0 Å². The second kappa shape index (κ2) is 3.13. The first-order valence-corrected chi connectivity index (χ1v) is 4.74. The number of carbonyl (C=O) groups is 1. The highest BCUT2D eigenvalue weighted by Gasteiger charge is 2.56. The number of hydrogen-bond acceptors (Lipinski definition) is 2. The molecule has 14 heavy (non-hydrogen) atoms. The van der Waals surface area contributed by atoms with Gasteiger partial charge in [0.05, 0.1) is 11.5 Å². The van der Waals surface area contributed by atoms with E-state index in [1.807, 2.05) is 18.3 Å². The zero-order chi connectivity index (χ0) is 10.2. The molecule has 0 aromatic carbocycles. The molecule has 3 N–H and O–H groups in total. The molecule has 1 heterocycles. The predicted octanol–water partition coefficient (Wildman–Crippen LogP) is 1.14. The monoisotopic (exact) mass is 194 g/mol. The van der Waals surface area contributed by atoms with Crippen LogP contribution in [-0.2, 0) is 4.79 Å². The molecule has 1 unspecified atom stereocenters. The van der Waals surface area contributed by atoms with Crippen LogP contribution in [-0.4, -0.2) is 23.1 Å². The summed E-state index contributed by atoms with van der Waals surface area (Å²) in [5.74, 6) is -0.702. The molecule has 0 spiro atoms. The van der Waals surface area contributed by atoms with Crippen LogP contribution in [0.4, 0.5) is 0 Å². The SMILES string of the molecule is CNC(c1ccc[nH]1)C1(C(=O)O)CC1. The molecule has 1 aliphatic rings. The summed E-state index contributed by atoms with van der Waals surface area (Å²) >= 11 is 0. The van der Waals surface area contributed by atoms with E-state index in [1.54, 1.807) is 7.05 Å². The Morgan fingerprint density at radius 2 is 2.43 bits per heavy atom. The Hall–Kier alpha value is -1.29. The van der Waals surface area contributed by atoms with Crippen LogP contribution in [0.1, 0.15) is 24.6 Å². The van der Waals surface area contributed by atoms with Crippen LogP contribution in [0.3, 0.4) is 0 Å². The minimum absolute atomic E-state index is 0.102. The van der Waals surface area contributed by atoms with Crippen LogP contribution < -0.4 is 5.32 Å². The summed E-state index contributed by atoms with van der Waals surface area (Å²) in [5.41, 5.74) is 0.368. The summed E-state index contributed by atoms with van der Waals surface area (Å²) < 4.78 is 0. The number of nitrogens with one attached hydrogen (secondary N) is 2. The first-order valence-electron chi connectivity index (χ1n) is 4.74. The van der Waals surface area contributed by atoms with Crippen molar-refractivity contribution in [1.29, 1.82) is 0 Å². The fraction of sp³-hybridized carbons (Fsp3) is 0.500. The molecule has 4 nitrogen and oxygen atoms in total. The molecule has 0 saturated heterocycles. The Morgan fingerprint density at radius 1 is 1.71 bits per heavy atom. The summed E-state index contributed by atoms with van der Waals surface area (Å²) in [7, 11) is 1.80. The van der Waals surface area contributed by atoms with Gasteiger partial charge >= 0.3 is 5.97 Å². The van der Waals surface area contributed by atoms with Crippen molar-refractivity contribution >= 4 is 5.97 Å². The van der Waals surface area contributed by atoms with E-state index in [-0.39, 0.29) is 6.04 Å². The molecule has 1 aromatic rings. The molecule has 0 aliphatic heterocycles. The molecular formula is C10H14N2O2. The molecule has 0 amide bonds. The number of H-pyrrole nitrogens is 1. The number of carboxylic acid groups (broad SMARTS) is 1. The van der Waals surface area contributed by atoms with E-state index in [9.17, 15) is 4.79 Å². The highest BCUT2D eigenvalue weighted by atomic mass is 16.4. The van der Waals surface area contributed by atoms with Crippen LogP contribution in [0, 0.1) is 5.41 Å². The van der Waals surface area contributed by atoms with Crippen molar-refractivity contribution in [2.75, 3.05) is 7.05 Å². The normalized spacial score (nSPS) is 20.4. The van der Waals surface area contributed by atoms with E-state index in [0.29, 0.717) is 0 Å². The summed E-state index contributed by atoms with van der Waals surface area (Å²) in [6.07, 6.45) is 3.33. The number of aromatic nitrogens is 1. The van der Waals surface area contributed by atoms with Crippen molar-refractivity contribution in [3.8, 4) is 0 Å². The van der Waals surface area contributed by atoms with Crippen LogP contribution in [0.25, 0.3) is 0 Å². The van der Waals surface area contributed by atoms with Crippen LogP contribution >= 0.6 is 0 Å². The maximum atomic E-state index is 11.1. The quantitative estimate of drug-likeness (QED) is 0.673.